The maximum absolute atomic E-state index is 13.0. The summed E-state index contributed by atoms with van der Waals surface area (Å²) in [6, 6.07) is 13.9. The second-order valence-corrected chi connectivity index (χ2v) is 6.35. The van der Waals surface area contributed by atoms with E-state index in [0.717, 1.165) is 25.7 Å². The number of ether oxygens (including phenoxy) is 1. The molecule has 2 aromatic carbocycles. The molecule has 1 N–H and O–H groups in total. The fourth-order valence-electron chi connectivity index (χ4n) is 3.08. The molecule has 0 bridgehead atoms. The average Bonchev–Trinajstić information content (AvgIpc) is 2.67. The Morgan fingerprint density at radius 2 is 2.00 bits per heavy atom. The maximum Gasteiger partial charge on any atom is 0.292 e. The lowest BCUT2D eigenvalue weighted by Gasteiger charge is -2.23. The summed E-state index contributed by atoms with van der Waals surface area (Å²) < 4.78 is 18.7. The molecule has 0 saturated heterocycles. The number of hydrogen-bond acceptors (Lipinski definition) is 3. The quantitative estimate of drug-likeness (QED) is 0.653. The third kappa shape index (κ3) is 4.48. The minimum atomic E-state index is -0.378. The average molecular weight is 354 g/mol. The molecule has 0 radical (unpaired) electrons. The molecule has 2 aromatic rings. The summed E-state index contributed by atoms with van der Waals surface area (Å²) in [5.41, 5.74) is 2.85. The number of nitrogens with zero attached hydrogens (tertiary/aromatic N) is 1. The lowest BCUT2D eigenvalue weighted by Crippen LogP contribution is -2.33. The molecule has 26 heavy (non-hydrogen) atoms. The fourth-order valence-corrected chi connectivity index (χ4v) is 3.08. The number of hydrogen-bond donors (Lipinski definition) is 1. The maximum atomic E-state index is 13.0. The van der Waals surface area contributed by atoms with Gasteiger partial charge in [0.1, 0.15) is 5.82 Å². The lowest BCUT2D eigenvalue weighted by molar-refractivity contribution is 0.0965. The Balaban J connectivity index is 1.80. The van der Waals surface area contributed by atoms with Crippen LogP contribution in [0.2, 0.25) is 0 Å². The Morgan fingerprint density at radius 3 is 2.77 bits per heavy atom. The number of aliphatic imine (C=N–C) groups is 1. The number of amidine groups is 1. The van der Waals surface area contributed by atoms with Crippen molar-refractivity contribution < 1.29 is 13.9 Å². The van der Waals surface area contributed by atoms with Gasteiger partial charge in [-0.2, -0.15) is 0 Å². The molecule has 0 fully saturated rings. The Kier molecular flexibility index (Phi) is 6.00. The molecule has 3 rings (SSSR count). The number of carbonyl (C=O) groups is 1. The van der Waals surface area contributed by atoms with E-state index in [-0.39, 0.29) is 23.8 Å². The van der Waals surface area contributed by atoms with Gasteiger partial charge in [-0.15, -0.1) is 0 Å². The molecule has 5 heteroatoms. The molecule has 0 saturated carbocycles. The molecule has 1 atom stereocenters. The summed E-state index contributed by atoms with van der Waals surface area (Å²) in [5.74, 6) is -0.736. The van der Waals surface area contributed by atoms with E-state index < -0.39 is 0 Å². The van der Waals surface area contributed by atoms with E-state index in [0.29, 0.717) is 12.2 Å². The lowest BCUT2D eigenvalue weighted by atomic mass is 9.88. The summed E-state index contributed by atoms with van der Waals surface area (Å²) in [6.45, 7) is 2.46. The molecule has 0 spiro atoms. The first-order valence-corrected chi connectivity index (χ1v) is 9.02. The van der Waals surface area contributed by atoms with Crippen LogP contribution < -0.4 is 5.32 Å². The number of halogens is 1. The highest BCUT2D eigenvalue weighted by atomic mass is 19.1. The molecular formula is C21H23FN2O2. The molecule has 1 amide bonds. The van der Waals surface area contributed by atoms with Crippen LogP contribution in [0.15, 0.2) is 53.5 Å². The zero-order valence-electron chi connectivity index (χ0n) is 14.9. The van der Waals surface area contributed by atoms with Gasteiger partial charge in [0.05, 0.1) is 12.6 Å². The van der Waals surface area contributed by atoms with Crippen molar-refractivity contribution in [2.45, 2.75) is 38.6 Å². The first kappa shape index (κ1) is 18.1. The predicted molar refractivity (Wildman–Crippen MR) is 99.7 cm³/mol. The van der Waals surface area contributed by atoms with Crippen LogP contribution in [0.1, 0.15) is 53.7 Å². The van der Waals surface area contributed by atoms with E-state index in [4.69, 9.17) is 4.74 Å². The number of amides is 1. The highest BCUT2D eigenvalue weighted by Crippen LogP contribution is 2.32. The van der Waals surface area contributed by atoms with Gasteiger partial charge in [0.2, 0.25) is 0 Å². The van der Waals surface area contributed by atoms with E-state index in [2.05, 4.69) is 22.4 Å². The minimum Gasteiger partial charge on any atom is -0.465 e. The number of carbonyl (C=O) groups excluding carboxylic acids is 1. The SMILES string of the molecule is CCCOC(=N[C@@H]1CCCc2ccccc21)NC(=O)c1ccc(F)cc1. The van der Waals surface area contributed by atoms with Crippen molar-refractivity contribution in [2.75, 3.05) is 6.61 Å². The summed E-state index contributed by atoms with van der Waals surface area (Å²) >= 11 is 0. The van der Waals surface area contributed by atoms with Crippen molar-refractivity contribution in [1.29, 1.82) is 0 Å². The molecular weight excluding hydrogens is 331 g/mol. The summed E-state index contributed by atoms with van der Waals surface area (Å²) in [6.07, 6.45) is 3.84. The van der Waals surface area contributed by atoms with Crippen molar-refractivity contribution in [2.24, 2.45) is 4.99 Å². The van der Waals surface area contributed by atoms with Gasteiger partial charge in [-0.3, -0.25) is 10.1 Å². The fraction of sp³-hybridized carbons (Fsp3) is 0.333. The summed E-state index contributed by atoms with van der Waals surface area (Å²) in [7, 11) is 0. The van der Waals surface area contributed by atoms with Gasteiger partial charge in [-0.1, -0.05) is 31.2 Å². The highest BCUT2D eigenvalue weighted by molar-refractivity contribution is 6.04. The van der Waals surface area contributed by atoms with Crippen LogP contribution >= 0.6 is 0 Å². The van der Waals surface area contributed by atoms with Crippen molar-refractivity contribution in [3.05, 3.63) is 71.0 Å². The second kappa shape index (κ2) is 8.61. The van der Waals surface area contributed by atoms with E-state index in [1.165, 1.54) is 35.4 Å². The second-order valence-electron chi connectivity index (χ2n) is 6.35. The third-order valence-electron chi connectivity index (χ3n) is 4.38. The Labute approximate surface area is 153 Å². The zero-order valence-corrected chi connectivity index (χ0v) is 14.9. The Bertz CT molecular complexity index is 787. The molecule has 136 valence electrons. The van der Waals surface area contributed by atoms with Crippen LogP contribution in [0.4, 0.5) is 4.39 Å². The molecule has 0 aromatic heterocycles. The van der Waals surface area contributed by atoms with Gasteiger partial charge in [-0.25, -0.2) is 9.38 Å². The smallest absolute Gasteiger partial charge is 0.292 e. The number of nitrogens with one attached hydrogen (secondary N) is 1. The van der Waals surface area contributed by atoms with Gasteiger partial charge < -0.3 is 4.74 Å². The molecule has 0 unspecified atom stereocenters. The molecule has 1 aliphatic rings. The largest absolute Gasteiger partial charge is 0.465 e. The number of fused-ring (bicyclic) bond motifs is 1. The standard InChI is InChI=1S/C21H23FN2O2/c1-2-14-26-21(24-20(25)16-10-12-17(22)13-11-16)23-19-9-5-7-15-6-3-4-8-18(15)19/h3-4,6,8,10-13,19H,2,5,7,9,14H2,1H3,(H,23,24,25)/t19-/m1/s1. The van der Waals surface area contributed by atoms with E-state index in [9.17, 15) is 9.18 Å². The van der Waals surface area contributed by atoms with Crippen LogP contribution in [0.3, 0.4) is 0 Å². The molecule has 1 aliphatic carbocycles. The van der Waals surface area contributed by atoms with E-state index in [1.54, 1.807) is 0 Å². The van der Waals surface area contributed by atoms with E-state index in [1.807, 2.05) is 19.1 Å². The van der Waals surface area contributed by atoms with Crippen molar-refractivity contribution in [3.8, 4) is 0 Å². The van der Waals surface area contributed by atoms with Gasteiger partial charge in [0, 0.05) is 5.56 Å². The van der Waals surface area contributed by atoms with Crippen LogP contribution in [0.25, 0.3) is 0 Å². The normalized spacial score (nSPS) is 16.7. The van der Waals surface area contributed by atoms with Gasteiger partial charge in [0.25, 0.3) is 11.9 Å². The molecule has 0 heterocycles. The highest BCUT2D eigenvalue weighted by Gasteiger charge is 2.21. The van der Waals surface area contributed by atoms with Crippen molar-refractivity contribution >= 4 is 11.9 Å². The third-order valence-corrected chi connectivity index (χ3v) is 4.38. The first-order chi connectivity index (χ1) is 12.7. The topological polar surface area (TPSA) is 50.7 Å². The van der Waals surface area contributed by atoms with Gasteiger partial charge in [-0.05, 0) is 61.1 Å². The number of aryl methyl sites for hydroxylation is 1. The monoisotopic (exact) mass is 354 g/mol. The van der Waals surface area contributed by atoms with Gasteiger partial charge in [0.15, 0.2) is 0 Å². The van der Waals surface area contributed by atoms with Gasteiger partial charge >= 0.3 is 0 Å². The number of rotatable bonds is 4. The predicted octanol–water partition coefficient (Wildman–Crippen LogP) is 4.42. The Hall–Kier alpha value is -2.69. The minimum absolute atomic E-state index is 0.0275. The summed E-state index contributed by atoms with van der Waals surface area (Å²) in [5, 5.41) is 2.73. The van der Waals surface area contributed by atoms with Crippen molar-refractivity contribution in [1.82, 2.24) is 5.32 Å². The van der Waals surface area contributed by atoms with Crippen LogP contribution in [0.5, 0.6) is 0 Å². The first-order valence-electron chi connectivity index (χ1n) is 9.02. The van der Waals surface area contributed by atoms with Crippen LogP contribution in [-0.2, 0) is 11.2 Å². The molecule has 0 aliphatic heterocycles. The summed E-state index contributed by atoms with van der Waals surface area (Å²) in [4.78, 5) is 17.1. The number of benzene rings is 2. The zero-order chi connectivity index (χ0) is 18.4. The van der Waals surface area contributed by atoms with Crippen LogP contribution in [0, 0.1) is 5.82 Å². The molecule has 4 nitrogen and oxygen atoms in total. The van der Waals surface area contributed by atoms with Crippen molar-refractivity contribution in [3.63, 3.8) is 0 Å². The van der Waals surface area contributed by atoms with Crippen LogP contribution in [-0.4, -0.2) is 18.5 Å². The Morgan fingerprint density at radius 1 is 1.23 bits per heavy atom. The van der Waals surface area contributed by atoms with E-state index >= 15 is 0 Å².